The number of nitrogens with two attached hydrogens (primary N) is 1. The van der Waals surface area contributed by atoms with Gasteiger partial charge in [0.1, 0.15) is 5.82 Å². The first-order chi connectivity index (χ1) is 12.1. The van der Waals surface area contributed by atoms with Gasteiger partial charge in [0, 0.05) is 17.7 Å². The highest BCUT2D eigenvalue weighted by molar-refractivity contribution is 6.01. The molecular formula is C18H13N5O2. The quantitative estimate of drug-likeness (QED) is 0.438. The topological polar surface area (TPSA) is 111 Å². The Morgan fingerprint density at radius 2 is 1.76 bits per heavy atom. The van der Waals surface area contributed by atoms with Crippen LogP contribution in [-0.2, 0) is 0 Å². The number of hydrogen-bond acceptors (Lipinski definition) is 5. The number of fused-ring (bicyclic) bond motifs is 1. The first kappa shape index (κ1) is 14.8. The van der Waals surface area contributed by atoms with E-state index in [1.54, 1.807) is 6.07 Å². The number of non-ortho nitro benzene ring substituents is 1. The van der Waals surface area contributed by atoms with Crippen LogP contribution in [-0.4, -0.2) is 20.1 Å². The van der Waals surface area contributed by atoms with Crippen molar-refractivity contribution in [2.75, 3.05) is 5.73 Å². The molecule has 0 radical (unpaired) electrons. The van der Waals surface area contributed by atoms with Crippen molar-refractivity contribution in [3.8, 4) is 22.4 Å². The minimum Gasteiger partial charge on any atom is -0.383 e. The molecule has 0 fully saturated rings. The number of nitro groups is 1. The molecular weight excluding hydrogens is 318 g/mol. The summed E-state index contributed by atoms with van der Waals surface area (Å²) in [6.07, 6.45) is 0. The molecule has 7 heteroatoms. The van der Waals surface area contributed by atoms with Gasteiger partial charge >= 0.3 is 0 Å². The van der Waals surface area contributed by atoms with E-state index >= 15 is 0 Å². The van der Waals surface area contributed by atoms with E-state index in [1.807, 2.05) is 42.5 Å². The van der Waals surface area contributed by atoms with Crippen LogP contribution in [0.2, 0.25) is 0 Å². The summed E-state index contributed by atoms with van der Waals surface area (Å²) in [5.74, 6) is 0.378. The third kappa shape index (κ3) is 2.57. The molecule has 122 valence electrons. The number of benzene rings is 2. The first-order valence-corrected chi connectivity index (χ1v) is 7.58. The minimum atomic E-state index is -0.418. The molecule has 2 heterocycles. The van der Waals surface area contributed by atoms with Gasteiger partial charge in [-0.1, -0.05) is 42.5 Å². The highest BCUT2D eigenvalue weighted by Crippen LogP contribution is 2.35. The predicted octanol–water partition coefficient (Wildman–Crippen LogP) is 3.78. The Morgan fingerprint density at radius 3 is 2.52 bits per heavy atom. The second-order valence-corrected chi connectivity index (χ2v) is 5.56. The predicted molar refractivity (Wildman–Crippen MR) is 95.8 cm³/mol. The van der Waals surface area contributed by atoms with Crippen molar-refractivity contribution in [1.82, 2.24) is 15.2 Å². The normalized spacial score (nSPS) is 10.9. The Kier molecular flexibility index (Phi) is 3.39. The Hall–Kier alpha value is -3.74. The van der Waals surface area contributed by atoms with Crippen LogP contribution in [0.15, 0.2) is 60.7 Å². The molecule has 0 bridgehead atoms. The van der Waals surface area contributed by atoms with Gasteiger partial charge in [-0.25, -0.2) is 4.98 Å². The van der Waals surface area contributed by atoms with E-state index in [4.69, 9.17) is 5.73 Å². The fourth-order valence-corrected chi connectivity index (χ4v) is 2.82. The third-order valence-corrected chi connectivity index (χ3v) is 3.99. The molecule has 4 aromatic rings. The maximum absolute atomic E-state index is 11.1. The van der Waals surface area contributed by atoms with Gasteiger partial charge in [0.05, 0.1) is 16.0 Å². The van der Waals surface area contributed by atoms with E-state index in [2.05, 4.69) is 15.2 Å². The van der Waals surface area contributed by atoms with Crippen LogP contribution in [0.5, 0.6) is 0 Å². The average Bonchev–Trinajstić information content (AvgIpc) is 3.03. The summed E-state index contributed by atoms with van der Waals surface area (Å²) >= 11 is 0. The molecule has 0 aliphatic rings. The molecule has 2 aromatic carbocycles. The fraction of sp³-hybridized carbons (Fsp3) is 0. The number of pyridine rings is 1. The van der Waals surface area contributed by atoms with E-state index in [1.165, 1.54) is 12.1 Å². The standard InChI is InChI=1S/C18H13N5O2/c19-17-16-14(12-7-4-8-13(9-12)23(24)25)10-15(20-18(16)22-21-17)11-5-2-1-3-6-11/h1-10H,(H3,19,20,21,22). The average molecular weight is 331 g/mol. The lowest BCUT2D eigenvalue weighted by atomic mass is 10.00. The molecule has 0 aliphatic heterocycles. The number of nitrogens with zero attached hydrogens (tertiary/aromatic N) is 3. The van der Waals surface area contributed by atoms with E-state index in [9.17, 15) is 10.1 Å². The van der Waals surface area contributed by atoms with Gasteiger partial charge in [-0.3, -0.25) is 15.2 Å². The van der Waals surface area contributed by atoms with Crippen LogP contribution in [0.1, 0.15) is 0 Å². The second kappa shape index (κ2) is 5.72. The van der Waals surface area contributed by atoms with Crippen molar-refractivity contribution >= 4 is 22.5 Å². The van der Waals surface area contributed by atoms with Gasteiger partial charge in [0.2, 0.25) is 0 Å². The number of rotatable bonds is 3. The molecule has 2 aromatic heterocycles. The Labute approximate surface area is 142 Å². The van der Waals surface area contributed by atoms with Crippen LogP contribution in [0, 0.1) is 10.1 Å². The number of aromatic nitrogens is 3. The summed E-state index contributed by atoms with van der Waals surface area (Å²) in [7, 11) is 0. The summed E-state index contributed by atoms with van der Waals surface area (Å²) in [6, 6.07) is 18.0. The zero-order valence-electron chi connectivity index (χ0n) is 13.0. The van der Waals surface area contributed by atoms with E-state index in [0.29, 0.717) is 22.4 Å². The molecule has 0 aliphatic carbocycles. The van der Waals surface area contributed by atoms with E-state index in [0.717, 1.165) is 16.8 Å². The van der Waals surface area contributed by atoms with Crippen molar-refractivity contribution in [1.29, 1.82) is 0 Å². The molecule has 0 saturated heterocycles. The summed E-state index contributed by atoms with van der Waals surface area (Å²) in [5, 5.41) is 18.6. The van der Waals surface area contributed by atoms with Crippen LogP contribution in [0.4, 0.5) is 11.5 Å². The second-order valence-electron chi connectivity index (χ2n) is 5.56. The van der Waals surface area contributed by atoms with Crippen LogP contribution in [0.3, 0.4) is 0 Å². The van der Waals surface area contributed by atoms with Gasteiger partial charge in [-0.05, 0) is 17.2 Å². The number of aromatic amines is 1. The summed E-state index contributed by atoms with van der Waals surface area (Å²) in [5.41, 5.74) is 9.59. The highest BCUT2D eigenvalue weighted by Gasteiger charge is 2.16. The molecule has 25 heavy (non-hydrogen) atoms. The lowest BCUT2D eigenvalue weighted by molar-refractivity contribution is -0.384. The van der Waals surface area contributed by atoms with Crippen LogP contribution >= 0.6 is 0 Å². The zero-order chi connectivity index (χ0) is 17.4. The molecule has 7 nitrogen and oxygen atoms in total. The van der Waals surface area contributed by atoms with Gasteiger partial charge in [0.25, 0.3) is 5.69 Å². The molecule has 3 N–H and O–H groups in total. The monoisotopic (exact) mass is 331 g/mol. The lowest BCUT2D eigenvalue weighted by Crippen LogP contribution is -1.92. The molecule has 0 spiro atoms. The number of nitrogens with one attached hydrogen (secondary N) is 1. The van der Waals surface area contributed by atoms with Crippen molar-refractivity contribution < 1.29 is 4.92 Å². The number of nitro benzene ring substituents is 1. The summed E-state index contributed by atoms with van der Waals surface area (Å²) in [4.78, 5) is 15.2. The smallest absolute Gasteiger partial charge is 0.270 e. The van der Waals surface area contributed by atoms with Crippen molar-refractivity contribution in [2.24, 2.45) is 0 Å². The number of nitrogen functional groups attached to an aromatic ring is 1. The molecule has 0 amide bonds. The van der Waals surface area contributed by atoms with Crippen molar-refractivity contribution in [2.45, 2.75) is 0 Å². The largest absolute Gasteiger partial charge is 0.383 e. The minimum absolute atomic E-state index is 0.0192. The van der Waals surface area contributed by atoms with E-state index < -0.39 is 4.92 Å². The first-order valence-electron chi connectivity index (χ1n) is 7.58. The molecule has 0 saturated carbocycles. The maximum atomic E-state index is 11.1. The Morgan fingerprint density at radius 1 is 1.00 bits per heavy atom. The van der Waals surface area contributed by atoms with E-state index in [-0.39, 0.29) is 5.69 Å². The summed E-state index contributed by atoms with van der Waals surface area (Å²) in [6.45, 7) is 0. The fourth-order valence-electron chi connectivity index (χ4n) is 2.82. The van der Waals surface area contributed by atoms with Gasteiger partial charge in [-0.15, -0.1) is 0 Å². The number of anilines is 1. The SMILES string of the molecule is Nc1[nH]nc2nc(-c3ccccc3)cc(-c3cccc([N+](=O)[O-])c3)c12. The van der Waals surface area contributed by atoms with Crippen LogP contribution < -0.4 is 5.73 Å². The van der Waals surface area contributed by atoms with Gasteiger partial charge in [-0.2, -0.15) is 5.10 Å². The van der Waals surface area contributed by atoms with Gasteiger partial charge < -0.3 is 5.73 Å². The summed E-state index contributed by atoms with van der Waals surface area (Å²) < 4.78 is 0. The maximum Gasteiger partial charge on any atom is 0.270 e. The Balaban J connectivity index is 2.00. The third-order valence-electron chi connectivity index (χ3n) is 3.99. The Bertz CT molecular complexity index is 1090. The molecule has 4 rings (SSSR count). The number of hydrogen-bond donors (Lipinski definition) is 2. The highest BCUT2D eigenvalue weighted by atomic mass is 16.6. The molecule has 0 unspecified atom stereocenters. The molecule has 0 atom stereocenters. The zero-order valence-corrected chi connectivity index (χ0v) is 13.0. The van der Waals surface area contributed by atoms with Crippen molar-refractivity contribution in [3.05, 3.63) is 70.8 Å². The van der Waals surface area contributed by atoms with Crippen LogP contribution in [0.25, 0.3) is 33.4 Å². The number of H-pyrrole nitrogens is 1. The lowest BCUT2D eigenvalue weighted by Gasteiger charge is -2.08. The van der Waals surface area contributed by atoms with Crippen molar-refractivity contribution in [3.63, 3.8) is 0 Å². The van der Waals surface area contributed by atoms with Gasteiger partial charge in [0.15, 0.2) is 5.65 Å².